The summed E-state index contributed by atoms with van der Waals surface area (Å²) >= 11 is 0. The summed E-state index contributed by atoms with van der Waals surface area (Å²) in [6.45, 7) is 1.91. The maximum atomic E-state index is 8.69. The van der Waals surface area contributed by atoms with Crippen LogP contribution in [-0.4, -0.2) is 25.3 Å². The standard InChI is InChI=1S/C13H22N2O/c1-15(8-3-2-4-9-16)13-7-5-6-12(10-13)11-14/h5-7,10,16H,2-4,8-9,11,14H2,1H3. The highest BCUT2D eigenvalue weighted by Crippen LogP contribution is 2.15. The third-order valence-electron chi connectivity index (χ3n) is 2.74. The van der Waals surface area contributed by atoms with Crippen LogP contribution >= 0.6 is 0 Å². The van der Waals surface area contributed by atoms with Crippen LogP contribution in [0, 0.1) is 0 Å². The lowest BCUT2D eigenvalue weighted by molar-refractivity contribution is 0.283. The fourth-order valence-electron chi connectivity index (χ4n) is 1.69. The quantitative estimate of drug-likeness (QED) is 0.691. The van der Waals surface area contributed by atoms with Gasteiger partial charge in [0.15, 0.2) is 0 Å². The topological polar surface area (TPSA) is 49.5 Å². The molecule has 0 aliphatic carbocycles. The van der Waals surface area contributed by atoms with E-state index < -0.39 is 0 Å². The molecule has 3 N–H and O–H groups in total. The Morgan fingerprint density at radius 3 is 2.75 bits per heavy atom. The lowest BCUT2D eigenvalue weighted by atomic mass is 10.2. The molecule has 0 saturated carbocycles. The van der Waals surface area contributed by atoms with E-state index in [2.05, 4.69) is 24.1 Å². The van der Waals surface area contributed by atoms with Crippen molar-refractivity contribution < 1.29 is 5.11 Å². The van der Waals surface area contributed by atoms with Gasteiger partial charge in [-0.15, -0.1) is 0 Å². The number of nitrogens with zero attached hydrogens (tertiary/aromatic N) is 1. The number of aliphatic hydroxyl groups is 1. The summed E-state index contributed by atoms with van der Waals surface area (Å²) in [5.41, 5.74) is 7.99. The van der Waals surface area contributed by atoms with Gasteiger partial charge >= 0.3 is 0 Å². The van der Waals surface area contributed by atoms with Crippen LogP contribution in [0.1, 0.15) is 24.8 Å². The highest BCUT2D eigenvalue weighted by Gasteiger charge is 2.00. The number of benzene rings is 1. The van der Waals surface area contributed by atoms with Crippen LogP contribution < -0.4 is 10.6 Å². The highest BCUT2D eigenvalue weighted by molar-refractivity contribution is 5.47. The molecular weight excluding hydrogens is 200 g/mol. The Hall–Kier alpha value is -1.06. The first-order valence-corrected chi connectivity index (χ1v) is 5.89. The van der Waals surface area contributed by atoms with E-state index in [4.69, 9.17) is 10.8 Å². The van der Waals surface area contributed by atoms with Gasteiger partial charge in [0.05, 0.1) is 0 Å². The van der Waals surface area contributed by atoms with E-state index in [1.165, 1.54) is 11.3 Å². The van der Waals surface area contributed by atoms with Gasteiger partial charge in [-0.3, -0.25) is 0 Å². The zero-order valence-corrected chi connectivity index (χ0v) is 10.0. The Morgan fingerprint density at radius 1 is 1.25 bits per heavy atom. The van der Waals surface area contributed by atoms with Crippen LogP contribution in [0.3, 0.4) is 0 Å². The van der Waals surface area contributed by atoms with E-state index in [-0.39, 0.29) is 0 Å². The van der Waals surface area contributed by atoms with Crippen LogP contribution in [0.2, 0.25) is 0 Å². The monoisotopic (exact) mass is 222 g/mol. The van der Waals surface area contributed by atoms with Gasteiger partial charge in [-0.2, -0.15) is 0 Å². The predicted octanol–water partition coefficient (Wildman–Crippen LogP) is 1.74. The second kappa shape index (κ2) is 7.25. The Labute approximate surface area is 97.9 Å². The third kappa shape index (κ3) is 4.21. The predicted molar refractivity (Wildman–Crippen MR) is 68.5 cm³/mol. The third-order valence-corrected chi connectivity index (χ3v) is 2.74. The van der Waals surface area contributed by atoms with Gasteiger partial charge in [-0.1, -0.05) is 12.1 Å². The zero-order chi connectivity index (χ0) is 11.8. The maximum Gasteiger partial charge on any atom is 0.0431 e. The molecule has 0 atom stereocenters. The van der Waals surface area contributed by atoms with Crippen LogP contribution in [0.5, 0.6) is 0 Å². The molecule has 0 unspecified atom stereocenters. The Bertz CT molecular complexity index is 302. The first kappa shape index (κ1) is 13.0. The van der Waals surface area contributed by atoms with Crippen molar-refractivity contribution in [2.24, 2.45) is 5.73 Å². The van der Waals surface area contributed by atoms with Crippen LogP contribution in [0.25, 0.3) is 0 Å². The van der Waals surface area contributed by atoms with Crippen LogP contribution in [0.4, 0.5) is 5.69 Å². The smallest absolute Gasteiger partial charge is 0.0431 e. The van der Waals surface area contributed by atoms with Crippen molar-refractivity contribution in [3.63, 3.8) is 0 Å². The minimum Gasteiger partial charge on any atom is -0.396 e. The molecule has 3 nitrogen and oxygen atoms in total. The second-order valence-corrected chi connectivity index (χ2v) is 4.08. The maximum absolute atomic E-state index is 8.69. The van der Waals surface area contributed by atoms with Crippen LogP contribution in [-0.2, 0) is 6.54 Å². The van der Waals surface area contributed by atoms with Gasteiger partial charge in [0.25, 0.3) is 0 Å². The summed E-state index contributed by atoms with van der Waals surface area (Å²) in [6.07, 6.45) is 3.10. The number of hydrogen-bond donors (Lipinski definition) is 2. The molecule has 1 rings (SSSR count). The average molecular weight is 222 g/mol. The molecule has 0 aromatic heterocycles. The van der Waals surface area contributed by atoms with Gasteiger partial charge in [0.1, 0.15) is 0 Å². The van der Waals surface area contributed by atoms with Gasteiger partial charge in [0, 0.05) is 32.4 Å². The van der Waals surface area contributed by atoms with Gasteiger partial charge < -0.3 is 15.7 Å². The molecule has 0 fully saturated rings. The molecule has 0 amide bonds. The molecule has 0 radical (unpaired) electrons. The van der Waals surface area contributed by atoms with Gasteiger partial charge in [0.2, 0.25) is 0 Å². The minimum atomic E-state index is 0.298. The van der Waals surface area contributed by atoms with E-state index in [0.29, 0.717) is 13.2 Å². The van der Waals surface area contributed by atoms with Crippen LogP contribution in [0.15, 0.2) is 24.3 Å². The SMILES string of the molecule is CN(CCCCCO)c1cccc(CN)c1. The summed E-state index contributed by atoms with van der Waals surface area (Å²) in [5.74, 6) is 0. The van der Waals surface area contributed by atoms with Crippen molar-refractivity contribution in [2.75, 3.05) is 25.1 Å². The van der Waals surface area contributed by atoms with Gasteiger partial charge in [-0.05, 0) is 37.0 Å². The first-order valence-electron chi connectivity index (χ1n) is 5.89. The number of anilines is 1. The highest BCUT2D eigenvalue weighted by atomic mass is 16.2. The lowest BCUT2D eigenvalue weighted by Gasteiger charge is -2.19. The second-order valence-electron chi connectivity index (χ2n) is 4.08. The molecular formula is C13H22N2O. The molecule has 0 aliphatic heterocycles. The summed E-state index contributed by atoms with van der Waals surface area (Å²) in [6, 6.07) is 8.32. The molecule has 1 aromatic rings. The summed E-state index contributed by atoms with van der Waals surface area (Å²) < 4.78 is 0. The number of hydrogen-bond acceptors (Lipinski definition) is 3. The molecule has 0 saturated heterocycles. The number of aliphatic hydroxyl groups excluding tert-OH is 1. The summed E-state index contributed by atoms with van der Waals surface area (Å²) in [5, 5.41) is 8.69. The van der Waals surface area contributed by atoms with Crippen molar-refractivity contribution in [1.82, 2.24) is 0 Å². The molecule has 0 bridgehead atoms. The van der Waals surface area contributed by atoms with Crippen molar-refractivity contribution in [2.45, 2.75) is 25.8 Å². The van der Waals surface area contributed by atoms with Crippen molar-refractivity contribution in [3.05, 3.63) is 29.8 Å². The first-order chi connectivity index (χ1) is 7.77. The molecule has 0 heterocycles. The number of unbranched alkanes of at least 4 members (excludes halogenated alkanes) is 2. The largest absolute Gasteiger partial charge is 0.396 e. The fourth-order valence-corrected chi connectivity index (χ4v) is 1.69. The average Bonchev–Trinajstić information content (AvgIpc) is 2.34. The summed E-state index contributed by atoms with van der Waals surface area (Å²) in [7, 11) is 2.09. The van der Waals surface area contributed by atoms with Crippen molar-refractivity contribution >= 4 is 5.69 Å². The molecule has 0 spiro atoms. The minimum absolute atomic E-state index is 0.298. The van der Waals surface area contributed by atoms with Crippen molar-refractivity contribution in [1.29, 1.82) is 0 Å². The van der Waals surface area contributed by atoms with E-state index in [0.717, 1.165) is 25.8 Å². The van der Waals surface area contributed by atoms with E-state index in [9.17, 15) is 0 Å². The Kier molecular flexibility index (Phi) is 5.90. The molecule has 0 aliphatic rings. The Balaban J connectivity index is 2.42. The van der Waals surface area contributed by atoms with E-state index >= 15 is 0 Å². The molecule has 16 heavy (non-hydrogen) atoms. The fraction of sp³-hybridized carbons (Fsp3) is 0.538. The van der Waals surface area contributed by atoms with E-state index in [1.54, 1.807) is 0 Å². The van der Waals surface area contributed by atoms with E-state index in [1.807, 2.05) is 12.1 Å². The summed E-state index contributed by atoms with van der Waals surface area (Å²) in [4.78, 5) is 2.23. The number of rotatable bonds is 7. The molecule has 1 aromatic carbocycles. The molecule has 3 heteroatoms. The normalized spacial score (nSPS) is 10.4. The lowest BCUT2D eigenvalue weighted by Crippen LogP contribution is -2.18. The number of nitrogens with two attached hydrogens (primary N) is 1. The Morgan fingerprint density at radius 2 is 2.06 bits per heavy atom. The molecule has 90 valence electrons. The van der Waals surface area contributed by atoms with Crippen molar-refractivity contribution in [3.8, 4) is 0 Å². The van der Waals surface area contributed by atoms with Gasteiger partial charge in [-0.25, -0.2) is 0 Å². The zero-order valence-electron chi connectivity index (χ0n) is 10.0.